The molecule has 3 N–H and O–H groups in total. The van der Waals surface area contributed by atoms with Crippen LogP contribution >= 0.6 is 23.1 Å². The fourth-order valence-corrected chi connectivity index (χ4v) is 4.56. The first kappa shape index (κ1) is 23.5. The standard InChI is InChI=1S/C18H21N5O7S2/c1-8(2)16(26)29-7-30-17(27)10-4-5-31-15-12(14(25)23(10)15)21-13(24)11(22-28-3)9-6-32-18(19)20-9/h4,6,8,12,15H,5,7H2,1-3H3,(H2,19,20)(H,21,24)/t12?,15-/m0/s1. The maximum Gasteiger partial charge on any atom is 0.357 e. The number of aromatic nitrogens is 1. The summed E-state index contributed by atoms with van der Waals surface area (Å²) < 4.78 is 9.78. The normalized spacial score (nSPS) is 20.1. The number of hydrogen-bond donors (Lipinski definition) is 2. The van der Waals surface area contributed by atoms with Gasteiger partial charge in [0.25, 0.3) is 11.8 Å². The number of nitrogens with one attached hydrogen (secondary N) is 1. The Kier molecular flexibility index (Phi) is 7.35. The average Bonchev–Trinajstić information content (AvgIpc) is 3.20. The van der Waals surface area contributed by atoms with Gasteiger partial charge in [0.1, 0.15) is 29.9 Å². The highest BCUT2D eigenvalue weighted by atomic mass is 32.2. The van der Waals surface area contributed by atoms with E-state index in [0.717, 1.165) is 11.3 Å². The summed E-state index contributed by atoms with van der Waals surface area (Å²) in [5.74, 6) is -2.43. The number of carbonyl (C=O) groups is 4. The number of thioether (sulfide) groups is 1. The van der Waals surface area contributed by atoms with E-state index in [1.165, 1.54) is 23.8 Å². The number of nitrogen functional groups attached to an aromatic ring is 1. The zero-order valence-electron chi connectivity index (χ0n) is 17.4. The predicted octanol–water partition coefficient (Wildman–Crippen LogP) is 0.0595. The van der Waals surface area contributed by atoms with Crippen LogP contribution in [0.1, 0.15) is 19.5 Å². The molecule has 32 heavy (non-hydrogen) atoms. The van der Waals surface area contributed by atoms with Crippen molar-refractivity contribution in [2.24, 2.45) is 11.1 Å². The van der Waals surface area contributed by atoms with Crippen molar-refractivity contribution in [1.29, 1.82) is 0 Å². The number of anilines is 1. The summed E-state index contributed by atoms with van der Waals surface area (Å²) in [5.41, 5.74) is 5.72. The molecule has 0 spiro atoms. The first-order valence-electron chi connectivity index (χ1n) is 9.36. The third-order valence-corrected chi connectivity index (χ3v) is 6.22. The maximum absolute atomic E-state index is 12.7. The van der Waals surface area contributed by atoms with Crippen LogP contribution in [0.3, 0.4) is 0 Å². The van der Waals surface area contributed by atoms with E-state index < -0.39 is 42.0 Å². The number of oxime groups is 1. The van der Waals surface area contributed by atoms with Crippen LogP contribution in [-0.4, -0.2) is 70.4 Å². The van der Waals surface area contributed by atoms with Gasteiger partial charge in [-0.2, -0.15) is 0 Å². The Labute approximate surface area is 191 Å². The molecule has 1 unspecified atom stereocenters. The van der Waals surface area contributed by atoms with Crippen LogP contribution in [0.15, 0.2) is 22.3 Å². The second-order valence-electron chi connectivity index (χ2n) is 6.83. The van der Waals surface area contributed by atoms with Gasteiger partial charge in [0.05, 0.1) is 5.92 Å². The lowest BCUT2D eigenvalue weighted by molar-refractivity contribution is -0.170. The molecule has 0 saturated carbocycles. The zero-order chi connectivity index (χ0) is 23.4. The molecule has 2 aliphatic rings. The fraction of sp³-hybridized carbons (Fsp3) is 0.444. The number of nitrogens with zero attached hydrogens (tertiary/aromatic N) is 3. The molecule has 0 bridgehead atoms. The van der Waals surface area contributed by atoms with E-state index in [1.807, 2.05) is 0 Å². The van der Waals surface area contributed by atoms with E-state index in [4.69, 9.17) is 20.0 Å². The smallest absolute Gasteiger partial charge is 0.357 e. The Morgan fingerprint density at radius 3 is 2.75 bits per heavy atom. The molecule has 1 saturated heterocycles. The molecule has 0 aliphatic carbocycles. The number of hydrogen-bond acceptors (Lipinski definition) is 12. The predicted molar refractivity (Wildman–Crippen MR) is 115 cm³/mol. The quantitative estimate of drug-likeness (QED) is 0.170. The van der Waals surface area contributed by atoms with Crippen LogP contribution in [0.25, 0.3) is 0 Å². The Morgan fingerprint density at radius 1 is 1.38 bits per heavy atom. The van der Waals surface area contributed by atoms with Gasteiger partial charge in [-0.15, -0.1) is 23.1 Å². The van der Waals surface area contributed by atoms with Crippen molar-refractivity contribution in [2.45, 2.75) is 25.3 Å². The second kappa shape index (κ2) is 9.99. The van der Waals surface area contributed by atoms with E-state index in [2.05, 4.69) is 15.5 Å². The summed E-state index contributed by atoms with van der Waals surface area (Å²) >= 11 is 2.49. The van der Waals surface area contributed by atoms with Crippen molar-refractivity contribution < 1.29 is 33.5 Å². The summed E-state index contributed by atoms with van der Waals surface area (Å²) in [5, 5.41) is 7.56. The minimum atomic E-state index is -0.888. The molecular weight excluding hydrogens is 462 g/mol. The molecular formula is C18H21N5O7S2. The van der Waals surface area contributed by atoms with Crippen molar-refractivity contribution in [3.8, 4) is 0 Å². The van der Waals surface area contributed by atoms with Crippen molar-refractivity contribution in [2.75, 3.05) is 25.4 Å². The lowest BCUT2D eigenvalue weighted by atomic mass is 10.0. The molecule has 2 atom stereocenters. The number of ether oxygens (including phenoxy) is 2. The van der Waals surface area contributed by atoms with Crippen molar-refractivity contribution >= 4 is 57.7 Å². The fourth-order valence-electron chi connectivity index (χ4n) is 2.81. The second-order valence-corrected chi connectivity index (χ2v) is 8.87. The summed E-state index contributed by atoms with van der Waals surface area (Å²) in [6.45, 7) is 2.74. The number of amides is 2. The topological polar surface area (TPSA) is 163 Å². The molecule has 172 valence electrons. The third kappa shape index (κ3) is 4.85. The van der Waals surface area contributed by atoms with Gasteiger partial charge in [-0.05, 0) is 6.08 Å². The van der Waals surface area contributed by atoms with Crippen LogP contribution < -0.4 is 11.1 Å². The van der Waals surface area contributed by atoms with Gasteiger partial charge >= 0.3 is 11.9 Å². The first-order chi connectivity index (χ1) is 15.2. The van der Waals surface area contributed by atoms with E-state index >= 15 is 0 Å². The van der Waals surface area contributed by atoms with Crippen LogP contribution in [0.4, 0.5) is 5.13 Å². The van der Waals surface area contributed by atoms with Gasteiger partial charge in [0.15, 0.2) is 10.8 Å². The maximum atomic E-state index is 12.7. The molecule has 1 aromatic rings. The highest BCUT2D eigenvalue weighted by molar-refractivity contribution is 8.00. The van der Waals surface area contributed by atoms with Crippen LogP contribution in [0.5, 0.6) is 0 Å². The van der Waals surface area contributed by atoms with Crippen molar-refractivity contribution in [3.05, 3.63) is 22.8 Å². The zero-order valence-corrected chi connectivity index (χ0v) is 19.0. The summed E-state index contributed by atoms with van der Waals surface area (Å²) in [4.78, 5) is 59.2. The molecule has 12 nitrogen and oxygen atoms in total. The molecule has 1 aromatic heterocycles. The number of fused-ring (bicyclic) bond motifs is 1. The van der Waals surface area contributed by atoms with Crippen LogP contribution in [-0.2, 0) is 33.5 Å². The molecule has 3 heterocycles. The molecule has 1 fully saturated rings. The number of rotatable bonds is 8. The Morgan fingerprint density at radius 2 is 2.12 bits per heavy atom. The highest BCUT2D eigenvalue weighted by Gasteiger charge is 2.53. The summed E-state index contributed by atoms with van der Waals surface area (Å²) in [6.07, 6.45) is 1.54. The lowest BCUT2D eigenvalue weighted by Gasteiger charge is -2.48. The SMILES string of the molecule is CON=C(C(=O)NC1C(=O)N2C(C(=O)OCOC(=O)C(C)C)=CCS[C@@H]12)c1csc(N)n1. The van der Waals surface area contributed by atoms with Gasteiger partial charge in [0.2, 0.25) is 6.79 Å². The number of carbonyl (C=O) groups excluding carboxylic acids is 4. The third-order valence-electron chi connectivity index (χ3n) is 4.37. The van der Waals surface area contributed by atoms with Crippen LogP contribution in [0, 0.1) is 5.92 Å². The van der Waals surface area contributed by atoms with E-state index in [0.29, 0.717) is 5.75 Å². The molecule has 14 heteroatoms. The monoisotopic (exact) mass is 483 g/mol. The number of thiazole rings is 1. The Bertz CT molecular complexity index is 990. The molecule has 0 aromatic carbocycles. The average molecular weight is 484 g/mol. The lowest BCUT2D eigenvalue weighted by Crippen LogP contribution is -2.70. The summed E-state index contributed by atoms with van der Waals surface area (Å²) in [6, 6.07) is -0.888. The van der Waals surface area contributed by atoms with Gasteiger partial charge in [-0.3, -0.25) is 19.3 Å². The molecule has 2 aliphatic heterocycles. The number of β-lactam (4-membered cyclic amide) rings is 1. The Balaban J connectivity index is 1.62. The van der Waals surface area contributed by atoms with Gasteiger partial charge < -0.3 is 25.4 Å². The summed E-state index contributed by atoms with van der Waals surface area (Å²) in [7, 11) is 1.28. The van der Waals surface area contributed by atoms with Gasteiger partial charge in [-0.25, -0.2) is 9.78 Å². The van der Waals surface area contributed by atoms with E-state index in [1.54, 1.807) is 25.3 Å². The molecule has 0 radical (unpaired) electrons. The largest absolute Gasteiger partial charge is 0.428 e. The number of esters is 2. The Hall–Kier alpha value is -3.13. The van der Waals surface area contributed by atoms with Crippen molar-refractivity contribution in [3.63, 3.8) is 0 Å². The highest BCUT2D eigenvalue weighted by Crippen LogP contribution is 2.37. The minimum Gasteiger partial charge on any atom is -0.428 e. The number of nitrogens with two attached hydrogens (primary N) is 1. The molecule has 3 rings (SSSR count). The van der Waals surface area contributed by atoms with Gasteiger partial charge in [-0.1, -0.05) is 19.0 Å². The van der Waals surface area contributed by atoms with E-state index in [-0.39, 0.29) is 28.2 Å². The van der Waals surface area contributed by atoms with Crippen LogP contribution in [0.2, 0.25) is 0 Å². The van der Waals surface area contributed by atoms with Gasteiger partial charge in [0, 0.05) is 11.1 Å². The van der Waals surface area contributed by atoms with Crippen molar-refractivity contribution in [1.82, 2.24) is 15.2 Å². The van der Waals surface area contributed by atoms with E-state index in [9.17, 15) is 19.2 Å². The first-order valence-corrected chi connectivity index (χ1v) is 11.3. The minimum absolute atomic E-state index is 0.0305. The molecule has 2 amide bonds.